The molecule has 8 heteroatoms. The Hall–Kier alpha value is -3.26. The van der Waals surface area contributed by atoms with E-state index in [0.717, 1.165) is 10.5 Å². The topological polar surface area (TPSA) is 105 Å². The molecular weight excluding hydrogens is 464 g/mol. The molecule has 2 aromatic carbocycles. The maximum absolute atomic E-state index is 12.5. The minimum absolute atomic E-state index is 0.00545. The van der Waals surface area contributed by atoms with Gasteiger partial charge < -0.3 is 20.5 Å². The summed E-state index contributed by atoms with van der Waals surface area (Å²) >= 11 is 1.57. The standard InChI is InChI=1S/C27H30N2O5S/c30-25(19-6-10-21(11-7-19)34-22-12-8-20(9-13-22)27(32)33)28-16-17-29-26(31)24-15-14-23(35-24)18-4-2-1-3-5-18/h1-7,10-11,14,20,22,24H,8-9,12-13,15-17H2,(H,28,30)(H,29,31)(H,32,33)/t20-,22+,24?. The average molecular weight is 495 g/mol. The Morgan fingerprint density at radius 1 is 0.914 bits per heavy atom. The van der Waals surface area contributed by atoms with Gasteiger partial charge in [-0.25, -0.2) is 0 Å². The van der Waals surface area contributed by atoms with E-state index < -0.39 is 5.97 Å². The molecule has 0 radical (unpaired) electrons. The molecule has 1 fully saturated rings. The fourth-order valence-corrected chi connectivity index (χ4v) is 5.45. The molecule has 35 heavy (non-hydrogen) atoms. The molecule has 0 aromatic heterocycles. The zero-order valence-corrected chi connectivity index (χ0v) is 20.3. The number of benzene rings is 2. The van der Waals surface area contributed by atoms with Gasteiger partial charge in [0.15, 0.2) is 0 Å². The number of amides is 2. The van der Waals surface area contributed by atoms with Crippen LogP contribution < -0.4 is 15.4 Å². The van der Waals surface area contributed by atoms with Crippen LogP contribution in [-0.2, 0) is 9.59 Å². The molecule has 184 valence electrons. The van der Waals surface area contributed by atoms with Crippen LogP contribution in [0.1, 0.15) is 48.0 Å². The number of allylic oxidation sites excluding steroid dienone is 1. The molecular formula is C27H30N2O5S. The first-order valence-corrected chi connectivity index (χ1v) is 12.8. The Morgan fingerprint density at radius 2 is 1.60 bits per heavy atom. The summed E-state index contributed by atoms with van der Waals surface area (Å²) < 4.78 is 5.95. The highest BCUT2D eigenvalue weighted by atomic mass is 32.2. The molecule has 0 bridgehead atoms. The van der Waals surface area contributed by atoms with Gasteiger partial charge in [0.25, 0.3) is 5.91 Å². The van der Waals surface area contributed by atoms with E-state index in [0.29, 0.717) is 56.5 Å². The van der Waals surface area contributed by atoms with Crippen molar-refractivity contribution in [1.82, 2.24) is 10.6 Å². The van der Waals surface area contributed by atoms with Crippen molar-refractivity contribution in [3.05, 3.63) is 71.8 Å². The molecule has 1 atom stereocenters. The molecule has 1 aliphatic heterocycles. The van der Waals surface area contributed by atoms with Gasteiger partial charge in [0.05, 0.1) is 17.3 Å². The number of rotatable bonds is 9. The smallest absolute Gasteiger partial charge is 0.306 e. The number of thioether (sulfide) groups is 1. The number of carboxylic acid groups (broad SMARTS) is 1. The third kappa shape index (κ3) is 6.88. The number of aliphatic carboxylic acids is 1. The van der Waals surface area contributed by atoms with Crippen LogP contribution in [0.5, 0.6) is 5.75 Å². The van der Waals surface area contributed by atoms with E-state index in [1.807, 2.05) is 30.3 Å². The maximum atomic E-state index is 12.5. The molecule has 2 aromatic rings. The first-order valence-electron chi connectivity index (χ1n) is 12.0. The highest BCUT2D eigenvalue weighted by molar-refractivity contribution is 8.09. The van der Waals surface area contributed by atoms with Crippen LogP contribution >= 0.6 is 11.8 Å². The van der Waals surface area contributed by atoms with Crippen LogP contribution in [0.4, 0.5) is 0 Å². The van der Waals surface area contributed by atoms with Crippen molar-refractivity contribution in [3.8, 4) is 5.75 Å². The number of hydrogen-bond acceptors (Lipinski definition) is 5. The van der Waals surface area contributed by atoms with Crippen LogP contribution in [0, 0.1) is 5.92 Å². The normalized spacial score (nSPS) is 21.6. The third-order valence-corrected chi connectivity index (χ3v) is 7.64. The highest BCUT2D eigenvalue weighted by Gasteiger charge is 2.27. The zero-order valence-electron chi connectivity index (χ0n) is 19.4. The lowest BCUT2D eigenvalue weighted by Crippen LogP contribution is -2.38. The van der Waals surface area contributed by atoms with Gasteiger partial charge in [0, 0.05) is 23.6 Å². The predicted octanol–water partition coefficient (Wildman–Crippen LogP) is 4.10. The highest BCUT2D eigenvalue weighted by Crippen LogP contribution is 2.39. The SMILES string of the molecule is O=C(NCCNC(=O)C1CC=C(c2ccccc2)S1)c1ccc(O[C@H]2CC[C@@H](C(=O)O)CC2)cc1. The Bertz CT molecular complexity index is 1060. The van der Waals surface area contributed by atoms with E-state index in [4.69, 9.17) is 9.84 Å². The molecule has 1 saturated carbocycles. The number of ether oxygens (including phenoxy) is 1. The quantitative estimate of drug-likeness (QED) is 0.454. The summed E-state index contributed by atoms with van der Waals surface area (Å²) in [4.78, 5) is 37.1. The summed E-state index contributed by atoms with van der Waals surface area (Å²) in [6.45, 7) is 0.703. The van der Waals surface area contributed by atoms with Crippen molar-refractivity contribution < 1.29 is 24.2 Å². The van der Waals surface area contributed by atoms with Crippen LogP contribution in [0.25, 0.3) is 4.91 Å². The number of carbonyl (C=O) groups excluding carboxylic acids is 2. The molecule has 1 heterocycles. The Labute approximate surface area is 209 Å². The Morgan fingerprint density at radius 3 is 2.29 bits per heavy atom. The fourth-order valence-electron chi connectivity index (χ4n) is 4.30. The van der Waals surface area contributed by atoms with Gasteiger partial charge in [-0.2, -0.15) is 0 Å². The second-order valence-corrected chi connectivity index (χ2v) is 10.0. The van der Waals surface area contributed by atoms with Gasteiger partial charge >= 0.3 is 5.97 Å². The van der Waals surface area contributed by atoms with E-state index in [1.165, 1.54) is 0 Å². The third-order valence-electron chi connectivity index (χ3n) is 6.29. The molecule has 0 saturated heterocycles. The molecule has 3 N–H and O–H groups in total. The van der Waals surface area contributed by atoms with E-state index in [1.54, 1.807) is 36.0 Å². The predicted molar refractivity (Wildman–Crippen MR) is 136 cm³/mol. The largest absolute Gasteiger partial charge is 0.490 e. The Kier molecular flexibility index (Phi) is 8.47. The molecule has 0 spiro atoms. The monoisotopic (exact) mass is 494 g/mol. The van der Waals surface area contributed by atoms with Crippen LogP contribution in [0.2, 0.25) is 0 Å². The van der Waals surface area contributed by atoms with Crippen molar-refractivity contribution in [3.63, 3.8) is 0 Å². The number of carbonyl (C=O) groups is 3. The first kappa shape index (κ1) is 24.9. The molecule has 4 rings (SSSR count). The lowest BCUT2D eigenvalue weighted by molar-refractivity contribution is -0.143. The molecule has 1 aliphatic carbocycles. The summed E-state index contributed by atoms with van der Waals surface area (Å²) in [6.07, 6.45) is 5.48. The second-order valence-electron chi connectivity index (χ2n) is 8.78. The fraction of sp³-hybridized carbons (Fsp3) is 0.370. The lowest BCUT2D eigenvalue weighted by atomic mass is 9.87. The summed E-state index contributed by atoms with van der Waals surface area (Å²) in [7, 11) is 0. The zero-order chi connectivity index (χ0) is 24.6. The Balaban J connectivity index is 1.14. The van der Waals surface area contributed by atoms with Crippen molar-refractivity contribution in [2.75, 3.05) is 13.1 Å². The summed E-state index contributed by atoms with van der Waals surface area (Å²) in [5.74, 6) is -0.567. The van der Waals surface area contributed by atoms with E-state index in [2.05, 4.69) is 16.7 Å². The molecule has 7 nitrogen and oxygen atoms in total. The van der Waals surface area contributed by atoms with Crippen LogP contribution in [0.15, 0.2) is 60.7 Å². The first-order chi connectivity index (χ1) is 17.0. The van der Waals surface area contributed by atoms with Gasteiger partial charge in [0.2, 0.25) is 5.91 Å². The number of hydrogen-bond donors (Lipinski definition) is 3. The van der Waals surface area contributed by atoms with Crippen molar-refractivity contribution >= 4 is 34.5 Å². The van der Waals surface area contributed by atoms with Gasteiger partial charge in [-0.3, -0.25) is 14.4 Å². The summed E-state index contributed by atoms with van der Waals surface area (Å²) in [6, 6.07) is 17.0. The minimum atomic E-state index is -0.731. The van der Waals surface area contributed by atoms with Gasteiger partial charge in [-0.05, 0) is 61.9 Å². The van der Waals surface area contributed by atoms with Crippen molar-refractivity contribution in [2.45, 2.75) is 43.5 Å². The number of nitrogens with one attached hydrogen (secondary N) is 2. The molecule has 2 amide bonds. The van der Waals surface area contributed by atoms with Gasteiger partial charge in [-0.1, -0.05) is 36.4 Å². The lowest BCUT2D eigenvalue weighted by Gasteiger charge is -2.26. The minimum Gasteiger partial charge on any atom is -0.490 e. The van der Waals surface area contributed by atoms with E-state index >= 15 is 0 Å². The summed E-state index contributed by atoms with van der Waals surface area (Å²) in [5, 5.41) is 14.7. The van der Waals surface area contributed by atoms with Gasteiger partial charge in [0.1, 0.15) is 5.75 Å². The van der Waals surface area contributed by atoms with Crippen LogP contribution in [0.3, 0.4) is 0 Å². The summed E-state index contributed by atoms with van der Waals surface area (Å²) in [5.41, 5.74) is 1.64. The molecule has 2 aliphatic rings. The van der Waals surface area contributed by atoms with E-state index in [-0.39, 0.29) is 29.1 Å². The average Bonchev–Trinajstić information content (AvgIpc) is 3.38. The van der Waals surface area contributed by atoms with E-state index in [9.17, 15) is 14.4 Å². The molecule has 1 unspecified atom stereocenters. The maximum Gasteiger partial charge on any atom is 0.306 e. The number of carboxylic acids is 1. The van der Waals surface area contributed by atoms with Crippen molar-refractivity contribution in [1.29, 1.82) is 0 Å². The van der Waals surface area contributed by atoms with Crippen LogP contribution in [-0.4, -0.2) is 47.3 Å². The van der Waals surface area contributed by atoms with Gasteiger partial charge in [-0.15, -0.1) is 11.8 Å². The second kappa shape index (κ2) is 11.9. The van der Waals surface area contributed by atoms with Crippen molar-refractivity contribution in [2.24, 2.45) is 5.92 Å².